The number of hydrogen-bond donors (Lipinski definition) is 2. The first-order valence-electron chi connectivity index (χ1n) is 7.16. The molecule has 0 bridgehead atoms. The molecule has 0 saturated carbocycles. The summed E-state index contributed by atoms with van der Waals surface area (Å²) < 4.78 is 5.27. The molecule has 6 heteroatoms. The van der Waals surface area contributed by atoms with E-state index in [0.29, 0.717) is 6.54 Å². The molecule has 0 saturated heterocycles. The largest absolute Gasteiger partial charge is 0.467 e. The number of aromatic nitrogens is 1. The van der Waals surface area contributed by atoms with Gasteiger partial charge in [-0.1, -0.05) is 0 Å². The first-order chi connectivity index (χ1) is 10.3. The van der Waals surface area contributed by atoms with Gasteiger partial charge in [0.1, 0.15) is 5.76 Å². The highest BCUT2D eigenvalue weighted by Crippen LogP contribution is 2.11. The van der Waals surface area contributed by atoms with Crippen molar-refractivity contribution < 1.29 is 4.42 Å². The molecule has 2 rings (SSSR count). The molecule has 0 unspecified atom stereocenters. The van der Waals surface area contributed by atoms with E-state index in [4.69, 9.17) is 4.42 Å². The van der Waals surface area contributed by atoms with Crippen LogP contribution in [-0.4, -0.2) is 24.5 Å². The lowest BCUT2D eigenvalue weighted by molar-refractivity contribution is 0.501. The lowest BCUT2D eigenvalue weighted by Gasteiger charge is -2.10. The maximum Gasteiger partial charge on any atom is 0.191 e. The molecule has 0 fully saturated rings. The van der Waals surface area contributed by atoms with Crippen LogP contribution >= 0.6 is 11.3 Å². The molecule has 2 aromatic rings. The highest BCUT2D eigenvalue weighted by molar-refractivity contribution is 7.09. The first kappa shape index (κ1) is 15.6. The Morgan fingerprint density at radius 2 is 2.29 bits per heavy atom. The second-order valence-electron chi connectivity index (χ2n) is 4.77. The Bertz CT molecular complexity index is 548. The van der Waals surface area contributed by atoms with Gasteiger partial charge >= 0.3 is 0 Å². The minimum Gasteiger partial charge on any atom is -0.467 e. The van der Waals surface area contributed by atoms with Crippen LogP contribution in [-0.2, 0) is 13.0 Å². The number of aliphatic imine (C=N–C) groups is 1. The lowest BCUT2D eigenvalue weighted by Crippen LogP contribution is -2.37. The van der Waals surface area contributed by atoms with Crippen LogP contribution in [0.2, 0.25) is 0 Å². The predicted octanol–water partition coefficient (Wildman–Crippen LogP) is 2.73. The summed E-state index contributed by atoms with van der Waals surface area (Å²) in [5.74, 6) is 1.70. The summed E-state index contributed by atoms with van der Waals surface area (Å²) in [4.78, 5) is 8.66. The average molecular weight is 306 g/mol. The van der Waals surface area contributed by atoms with Crippen molar-refractivity contribution in [2.24, 2.45) is 4.99 Å². The van der Waals surface area contributed by atoms with Crippen LogP contribution in [0.5, 0.6) is 0 Å². The molecule has 21 heavy (non-hydrogen) atoms. The number of unbranched alkanes of at least 4 members (excludes halogenated alkanes) is 1. The molecule has 0 aromatic carbocycles. The molecular weight excluding hydrogens is 284 g/mol. The summed E-state index contributed by atoms with van der Waals surface area (Å²) in [6, 6.07) is 3.82. The van der Waals surface area contributed by atoms with Crippen LogP contribution in [0.25, 0.3) is 0 Å². The molecule has 0 radical (unpaired) electrons. The predicted molar refractivity (Wildman–Crippen MR) is 86.7 cm³/mol. The van der Waals surface area contributed by atoms with Gasteiger partial charge in [-0.05, 0) is 38.3 Å². The molecule has 2 aromatic heterocycles. The molecule has 0 spiro atoms. The molecule has 0 atom stereocenters. The monoisotopic (exact) mass is 306 g/mol. The van der Waals surface area contributed by atoms with E-state index >= 15 is 0 Å². The van der Waals surface area contributed by atoms with Gasteiger partial charge in [-0.15, -0.1) is 11.3 Å². The van der Waals surface area contributed by atoms with Crippen molar-refractivity contribution in [2.45, 2.75) is 32.7 Å². The number of rotatable bonds is 7. The minimum absolute atomic E-state index is 0.644. The summed E-state index contributed by atoms with van der Waals surface area (Å²) in [5, 5.41) is 9.86. The van der Waals surface area contributed by atoms with Crippen LogP contribution in [0, 0.1) is 6.92 Å². The Morgan fingerprint density at radius 3 is 2.95 bits per heavy atom. The smallest absolute Gasteiger partial charge is 0.191 e. The van der Waals surface area contributed by atoms with E-state index in [9.17, 15) is 0 Å². The van der Waals surface area contributed by atoms with Gasteiger partial charge in [-0.2, -0.15) is 0 Å². The zero-order valence-corrected chi connectivity index (χ0v) is 13.4. The quantitative estimate of drug-likeness (QED) is 0.469. The second-order valence-corrected chi connectivity index (χ2v) is 5.71. The van der Waals surface area contributed by atoms with Crippen molar-refractivity contribution in [2.75, 3.05) is 13.6 Å². The van der Waals surface area contributed by atoms with E-state index in [1.165, 1.54) is 5.01 Å². The average Bonchev–Trinajstić information content (AvgIpc) is 3.13. The topological polar surface area (TPSA) is 62.5 Å². The van der Waals surface area contributed by atoms with E-state index in [0.717, 1.165) is 43.2 Å². The summed E-state index contributed by atoms with van der Waals surface area (Å²) in [5.41, 5.74) is 1.12. The fourth-order valence-electron chi connectivity index (χ4n) is 1.93. The minimum atomic E-state index is 0.644. The van der Waals surface area contributed by atoms with Gasteiger partial charge in [0.15, 0.2) is 5.96 Å². The normalized spacial score (nSPS) is 11.6. The number of thiazole rings is 1. The number of nitrogens with zero attached hydrogens (tertiary/aromatic N) is 2. The molecule has 2 N–H and O–H groups in total. The van der Waals surface area contributed by atoms with Crippen LogP contribution in [0.1, 0.15) is 29.3 Å². The molecular formula is C15H22N4OS. The molecule has 114 valence electrons. The summed E-state index contributed by atoms with van der Waals surface area (Å²) in [7, 11) is 1.77. The second kappa shape index (κ2) is 8.46. The highest BCUT2D eigenvalue weighted by Gasteiger charge is 2.01. The Morgan fingerprint density at radius 1 is 1.38 bits per heavy atom. The van der Waals surface area contributed by atoms with Crippen molar-refractivity contribution >= 4 is 17.3 Å². The Balaban J connectivity index is 1.58. The van der Waals surface area contributed by atoms with E-state index in [-0.39, 0.29) is 0 Å². The third-order valence-electron chi connectivity index (χ3n) is 3.01. The van der Waals surface area contributed by atoms with Crippen molar-refractivity contribution in [3.8, 4) is 0 Å². The van der Waals surface area contributed by atoms with Gasteiger partial charge in [0.2, 0.25) is 0 Å². The van der Waals surface area contributed by atoms with Crippen molar-refractivity contribution in [1.82, 2.24) is 15.6 Å². The molecule has 0 aliphatic carbocycles. The SMILES string of the molecule is CN=C(NCCCCc1nc(C)cs1)NCc1ccco1. The van der Waals surface area contributed by atoms with Crippen LogP contribution in [0.3, 0.4) is 0 Å². The van der Waals surface area contributed by atoms with Crippen LogP contribution < -0.4 is 10.6 Å². The Kier molecular flexibility index (Phi) is 6.27. The van der Waals surface area contributed by atoms with Crippen molar-refractivity contribution in [1.29, 1.82) is 0 Å². The zero-order valence-electron chi connectivity index (χ0n) is 12.6. The first-order valence-corrected chi connectivity index (χ1v) is 8.04. The number of guanidine groups is 1. The Hall–Kier alpha value is -1.82. The van der Waals surface area contributed by atoms with Crippen molar-refractivity contribution in [3.63, 3.8) is 0 Å². The molecule has 2 heterocycles. The third-order valence-corrected chi connectivity index (χ3v) is 4.04. The van der Waals surface area contributed by atoms with Gasteiger partial charge in [0.25, 0.3) is 0 Å². The molecule has 5 nitrogen and oxygen atoms in total. The standard InChI is InChI=1S/C15H22N4OS/c1-12-11-21-14(19-12)7-3-4-8-17-15(16-2)18-10-13-6-5-9-20-13/h5-6,9,11H,3-4,7-8,10H2,1-2H3,(H2,16,17,18). The van der Waals surface area contributed by atoms with Gasteiger partial charge < -0.3 is 15.1 Å². The molecule has 0 aliphatic heterocycles. The van der Waals surface area contributed by atoms with Gasteiger partial charge in [-0.25, -0.2) is 4.98 Å². The maximum atomic E-state index is 5.27. The highest BCUT2D eigenvalue weighted by atomic mass is 32.1. The van der Waals surface area contributed by atoms with E-state index in [2.05, 4.69) is 26.0 Å². The van der Waals surface area contributed by atoms with Gasteiger partial charge in [0, 0.05) is 24.7 Å². The van der Waals surface area contributed by atoms with Gasteiger partial charge in [-0.3, -0.25) is 4.99 Å². The van der Waals surface area contributed by atoms with Gasteiger partial charge in [0.05, 0.1) is 17.8 Å². The fourth-order valence-corrected chi connectivity index (χ4v) is 2.75. The Labute approximate surface area is 129 Å². The fraction of sp³-hybridized carbons (Fsp3) is 0.467. The molecule has 0 aliphatic rings. The molecule has 0 amide bonds. The summed E-state index contributed by atoms with van der Waals surface area (Å²) >= 11 is 1.75. The van der Waals surface area contributed by atoms with E-state index in [1.54, 1.807) is 24.6 Å². The van der Waals surface area contributed by atoms with E-state index in [1.807, 2.05) is 19.1 Å². The maximum absolute atomic E-state index is 5.27. The lowest BCUT2D eigenvalue weighted by atomic mass is 10.2. The number of furan rings is 1. The van der Waals surface area contributed by atoms with Crippen LogP contribution in [0.15, 0.2) is 33.2 Å². The van der Waals surface area contributed by atoms with Crippen LogP contribution in [0.4, 0.5) is 0 Å². The van der Waals surface area contributed by atoms with Crippen molar-refractivity contribution in [3.05, 3.63) is 40.2 Å². The third kappa shape index (κ3) is 5.59. The number of hydrogen-bond acceptors (Lipinski definition) is 4. The van der Waals surface area contributed by atoms with E-state index < -0.39 is 0 Å². The summed E-state index contributed by atoms with van der Waals surface area (Å²) in [6.45, 7) is 3.59. The summed E-state index contributed by atoms with van der Waals surface area (Å²) in [6.07, 6.45) is 4.96. The number of nitrogens with one attached hydrogen (secondary N) is 2. The number of aryl methyl sites for hydroxylation is 2. The zero-order chi connectivity index (χ0) is 14.9.